The normalized spacial score (nSPS) is 12.4. The molecule has 1 aromatic heterocycles. The first-order valence-corrected chi connectivity index (χ1v) is 6.31. The van der Waals surface area contributed by atoms with Gasteiger partial charge in [-0.2, -0.15) is 18.6 Å². The van der Waals surface area contributed by atoms with Gasteiger partial charge in [-0.15, -0.1) is 0 Å². The fraction of sp³-hybridized carbons (Fsp3) is 0.286. The zero-order valence-corrected chi connectivity index (χ0v) is 11.0. The summed E-state index contributed by atoms with van der Waals surface area (Å²) >= 11 is 0. The topological polar surface area (TPSA) is 46.9 Å². The molecule has 1 atom stereocenters. The Kier molecular flexibility index (Phi) is 4.45. The van der Waals surface area contributed by atoms with Crippen molar-refractivity contribution in [3.05, 3.63) is 53.9 Å². The monoisotopic (exact) mass is 279 g/mol. The molecular formula is C14H15F2N3O. The minimum atomic E-state index is -2.83. The molecular weight excluding hydrogens is 264 g/mol. The van der Waals surface area contributed by atoms with Crippen LogP contribution in [0.25, 0.3) is 0 Å². The van der Waals surface area contributed by atoms with Crippen LogP contribution in [0.2, 0.25) is 0 Å². The first-order chi connectivity index (χ1) is 9.63. The summed E-state index contributed by atoms with van der Waals surface area (Å²) in [5, 5.41) is 6.20. The van der Waals surface area contributed by atoms with E-state index in [1.807, 2.05) is 37.3 Å². The third kappa shape index (κ3) is 3.01. The van der Waals surface area contributed by atoms with Crippen molar-refractivity contribution in [3.8, 4) is 0 Å². The van der Waals surface area contributed by atoms with E-state index in [4.69, 9.17) is 0 Å². The van der Waals surface area contributed by atoms with Crippen LogP contribution >= 0.6 is 0 Å². The minimum Gasteiger partial charge on any atom is -0.344 e. The van der Waals surface area contributed by atoms with Crippen molar-refractivity contribution < 1.29 is 13.6 Å². The maximum atomic E-state index is 12.7. The van der Waals surface area contributed by atoms with Crippen LogP contribution in [0.3, 0.4) is 0 Å². The Morgan fingerprint density at radius 1 is 1.30 bits per heavy atom. The van der Waals surface area contributed by atoms with Crippen LogP contribution in [0, 0.1) is 0 Å². The number of carbonyl (C=O) groups excluding carboxylic acids is 1. The largest absolute Gasteiger partial charge is 0.344 e. The van der Waals surface area contributed by atoms with Gasteiger partial charge in [-0.25, -0.2) is 0 Å². The standard InChI is InChI=1S/C14H15F2N3O/c1-2-11(10-6-4-3-5-7-10)18-13(20)12-8-9-17-19(12)14(15)16/h3-9,11,14H,2H2,1H3,(H,18,20)/t11-/m1/s1. The number of halogens is 2. The summed E-state index contributed by atoms with van der Waals surface area (Å²) in [7, 11) is 0. The predicted molar refractivity (Wildman–Crippen MR) is 70.4 cm³/mol. The van der Waals surface area contributed by atoms with E-state index < -0.39 is 12.5 Å². The fourth-order valence-corrected chi connectivity index (χ4v) is 1.99. The van der Waals surface area contributed by atoms with E-state index in [-0.39, 0.29) is 11.7 Å². The highest BCUT2D eigenvalue weighted by atomic mass is 19.3. The molecule has 0 saturated carbocycles. The van der Waals surface area contributed by atoms with Crippen LogP contribution in [-0.4, -0.2) is 15.7 Å². The zero-order chi connectivity index (χ0) is 14.5. The highest BCUT2D eigenvalue weighted by Gasteiger charge is 2.20. The lowest BCUT2D eigenvalue weighted by molar-refractivity contribution is 0.0507. The molecule has 0 radical (unpaired) electrons. The van der Waals surface area contributed by atoms with E-state index in [1.54, 1.807) is 0 Å². The molecule has 1 N–H and O–H groups in total. The average Bonchev–Trinajstić information content (AvgIpc) is 2.95. The predicted octanol–water partition coefficient (Wildman–Crippen LogP) is 3.16. The number of rotatable bonds is 5. The van der Waals surface area contributed by atoms with Crippen LogP contribution in [-0.2, 0) is 0 Å². The molecule has 20 heavy (non-hydrogen) atoms. The van der Waals surface area contributed by atoms with Gasteiger partial charge in [0.15, 0.2) is 0 Å². The van der Waals surface area contributed by atoms with Gasteiger partial charge in [0.1, 0.15) is 5.69 Å². The van der Waals surface area contributed by atoms with Crippen LogP contribution in [0.1, 0.15) is 42.0 Å². The fourth-order valence-electron chi connectivity index (χ4n) is 1.99. The summed E-state index contributed by atoms with van der Waals surface area (Å²) in [6.07, 6.45) is 1.85. The number of alkyl halides is 2. The summed E-state index contributed by atoms with van der Waals surface area (Å²) in [5.41, 5.74) is 0.792. The molecule has 1 amide bonds. The number of nitrogens with zero attached hydrogens (tertiary/aromatic N) is 2. The second kappa shape index (κ2) is 6.27. The van der Waals surface area contributed by atoms with Crippen molar-refractivity contribution in [3.63, 3.8) is 0 Å². The van der Waals surface area contributed by atoms with E-state index in [9.17, 15) is 13.6 Å². The number of carbonyl (C=O) groups is 1. The SMILES string of the molecule is CC[C@@H](NC(=O)c1ccnn1C(F)F)c1ccccc1. The van der Waals surface area contributed by atoms with Crippen molar-refractivity contribution in [1.82, 2.24) is 15.1 Å². The van der Waals surface area contributed by atoms with E-state index in [0.29, 0.717) is 11.1 Å². The zero-order valence-electron chi connectivity index (χ0n) is 11.0. The molecule has 0 spiro atoms. The van der Waals surface area contributed by atoms with Crippen molar-refractivity contribution in [2.24, 2.45) is 0 Å². The Morgan fingerprint density at radius 3 is 2.60 bits per heavy atom. The Bertz CT molecular complexity index is 569. The number of hydrogen-bond acceptors (Lipinski definition) is 2. The summed E-state index contributed by atoms with van der Waals surface area (Å²) in [6, 6.07) is 10.5. The second-order valence-electron chi connectivity index (χ2n) is 4.28. The molecule has 0 aliphatic heterocycles. The highest BCUT2D eigenvalue weighted by Crippen LogP contribution is 2.18. The first kappa shape index (κ1) is 14.2. The Labute approximate surface area is 115 Å². The van der Waals surface area contributed by atoms with Crippen molar-refractivity contribution in [2.45, 2.75) is 25.9 Å². The van der Waals surface area contributed by atoms with E-state index in [1.165, 1.54) is 12.3 Å². The summed E-state index contributed by atoms with van der Waals surface area (Å²) in [6.45, 7) is -0.912. The Morgan fingerprint density at radius 2 is 2.00 bits per heavy atom. The van der Waals surface area contributed by atoms with Gasteiger partial charge in [-0.3, -0.25) is 4.79 Å². The number of nitrogens with one attached hydrogen (secondary N) is 1. The third-order valence-corrected chi connectivity index (χ3v) is 3.00. The molecule has 2 rings (SSSR count). The van der Waals surface area contributed by atoms with Crippen molar-refractivity contribution in [2.75, 3.05) is 0 Å². The van der Waals surface area contributed by atoms with Gasteiger partial charge in [0.2, 0.25) is 0 Å². The van der Waals surface area contributed by atoms with E-state index in [2.05, 4.69) is 10.4 Å². The van der Waals surface area contributed by atoms with Crippen molar-refractivity contribution in [1.29, 1.82) is 0 Å². The number of amides is 1. The lowest BCUT2D eigenvalue weighted by Gasteiger charge is -2.17. The van der Waals surface area contributed by atoms with Crippen LogP contribution in [0.15, 0.2) is 42.6 Å². The molecule has 2 aromatic rings. The van der Waals surface area contributed by atoms with E-state index in [0.717, 1.165) is 5.56 Å². The smallest absolute Gasteiger partial charge is 0.333 e. The quantitative estimate of drug-likeness (QED) is 0.913. The summed E-state index contributed by atoms with van der Waals surface area (Å²) in [5.74, 6) is -0.557. The molecule has 0 aliphatic rings. The molecule has 0 fully saturated rings. The Balaban J connectivity index is 2.16. The lowest BCUT2D eigenvalue weighted by atomic mass is 10.0. The van der Waals surface area contributed by atoms with Crippen LogP contribution in [0.4, 0.5) is 8.78 Å². The molecule has 0 saturated heterocycles. The van der Waals surface area contributed by atoms with Gasteiger partial charge in [0.25, 0.3) is 5.91 Å². The minimum absolute atomic E-state index is 0.144. The van der Waals surface area contributed by atoms with Gasteiger partial charge >= 0.3 is 6.55 Å². The molecule has 0 aliphatic carbocycles. The number of hydrogen-bond donors (Lipinski definition) is 1. The lowest BCUT2D eigenvalue weighted by Crippen LogP contribution is -2.30. The van der Waals surface area contributed by atoms with Crippen LogP contribution < -0.4 is 5.32 Å². The maximum absolute atomic E-state index is 12.7. The van der Waals surface area contributed by atoms with Gasteiger partial charge in [0, 0.05) is 6.20 Å². The van der Waals surface area contributed by atoms with Crippen molar-refractivity contribution >= 4 is 5.91 Å². The third-order valence-electron chi connectivity index (χ3n) is 3.00. The molecule has 1 heterocycles. The van der Waals surface area contributed by atoms with E-state index >= 15 is 0 Å². The molecule has 4 nitrogen and oxygen atoms in total. The van der Waals surface area contributed by atoms with Gasteiger partial charge < -0.3 is 5.32 Å². The average molecular weight is 279 g/mol. The molecule has 6 heteroatoms. The molecule has 0 unspecified atom stereocenters. The molecule has 0 bridgehead atoms. The summed E-state index contributed by atoms with van der Waals surface area (Å²) < 4.78 is 25.8. The second-order valence-corrected chi connectivity index (χ2v) is 4.28. The number of aromatic nitrogens is 2. The van der Waals surface area contributed by atoms with Crippen LogP contribution in [0.5, 0.6) is 0 Å². The number of benzene rings is 1. The first-order valence-electron chi connectivity index (χ1n) is 6.31. The Hall–Kier alpha value is -2.24. The van der Waals surface area contributed by atoms with Gasteiger partial charge in [-0.05, 0) is 18.1 Å². The van der Waals surface area contributed by atoms with Gasteiger partial charge in [0.05, 0.1) is 6.04 Å². The molecule has 106 valence electrons. The maximum Gasteiger partial charge on any atom is 0.333 e. The summed E-state index contributed by atoms with van der Waals surface area (Å²) in [4.78, 5) is 12.1. The molecule has 1 aromatic carbocycles. The highest BCUT2D eigenvalue weighted by molar-refractivity contribution is 5.92. The van der Waals surface area contributed by atoms with Gasteiger partial charge in [-0.1, -0.05) is 37.3 Å².